The first-order valence-corrected chi connectivity index (χ1v) is 5.70. The van der Waals surface area contributed by atoms with Crippen molar-refractivity contribution >= 4 is 34.8 Å². The van der Waals surface area contributed by atoms with Gasteiger partial charge in [-0.15, -0.1) is 21.8 Å². The van der Waals surface area contributed by atoms with Crippen molar-refractivity contribution in [3.63, 3.8) is 0 Å². The standard InChI is InChI=1S/C10H7Cl3N2O/c1-5(11)9-14-15-10(16-9)6-2-3-7(12)8(13)4-6/h2-5H,1H3/t5-/m0/s1. The Morgan fingerprint density at radius 1 is 1.19 bits per heavy atom. The van der Waals surface area contributed by atoms with Gasteiger partial charge in [0.1, 0.15) is 5.38 Å². The van der Waals surface area contributed by atoms with Crippen molar-refractivity contribution < 1.29 is 4.42 Å². The van der Waals surface area contributed by atoms with Gasteiger partial charge < -0.3 is 4.42 Å². The predicted octanol–water partition coefficient (Wildman–Crippen LogP) is 4.34. The van der Waals surface area contributed by atoms with Gasteiger partial charge in [-0.2, -0.15) is 0 Å². The fourth-order valence-electron chi connectivity index (χ4n) is 1.14. The lowest BCUT2D eigenvalue weighted by atomic mass is 10.2. The second kappa shape index (κ2) is 4.62. The summed E-state index contributed by atoms with van der Waals surface area (Å²) < 4.78 is 5.37. The number of hydrogen-bond acceptors (Lipinski definition) is 3. The molecule has 0 spiro atoms. The van der Waals surface area contributed by atoms with Crippen LogP contribution in [-0.2, 0) is 0 Å². The van der Waals surface area contributed by atoms with Gasteiger partial charge >= 0.3 is 0 Å². The summed E-state index contributed by atoms with van der Waals surface area (Å²) in [5.41, 5.74) is 0.713. The van der Waals surface area contributed by atoms with Crippen molar-refractivity contribution in [3.8, 4) is 11.5 Å². The molecule has 3 nitrogen and oxygen atoms in total. The van der Waals surface area contributed by atoms with Gasteiger partial charge in [0.25, 0.3) is 0 Å². The van der Waals surface area contributed by atoms with Crippen molar-refractivity contribution in [2.75, 3.05) is 0 Å². The number of halogens is 3. The normalized spacial score (nSPS) is 12.8. The molecular formula is C10H7Cl3N2O. The van der Waals surface area contributed by atoms with Crippen LogP contribution in [-0.4, -0.2) is 10.2 Å². The maximum atomic E-state index is 5.89. The average Bonchev–Trinajstić information content (AvgIpc) is 2.71. The van der Waals surface area contributed by atoms with E-state index in [0.717, 1.165) is 0 Å². The molecule has 1 aromatic carbocycles. The molecule has 2 aromatic rings. The van der Waals surface area contributed by atoms with E-state index in [1.807, 2.05) is 0 Å². The Balaban J connectivity index is 2.39. The number of alkyl halides is 1. The van der Waals surface area contributed by atoms with Gasteiger partial charge in [-0.3, -0.25) is 0 Å². The fraction of sp³-hybridized carbons (Fsp3) is 0.200. The van der Waals surface area contributed by atoms with Crippen molar-refractivity contribution in [2.45, 2.75) is 12.3 Å². The minimum atomic E-state index is -0.316. The summed E-state index contributed by atoms with van der Waals surface area (Å²) in [6, 6.07) is 5.09. The molecule has 0 aliphatic carbocycles. The smallest absolute Gasteiger partial charge is 0.247 e. The quantitative estimate of drug-likeness (QED) is 0.766. The van der Waals surface area contributed by atoms with E-state index in [1.165, 1.54) is 0 Å². The van der Waals surface area contributed by atoms with E-state index in [-0.39, 0.29) is 5.38 Å². The molecule has 1 heterocycles. The molecule has 0 aliphatic rings. The van der Waals surface area contributed by atoms with Crippen LogP contribution in [0.15, 0.2) is 22.6 Å². The van der Waals surface area contributed by atoms with Gasteiger partial charge in [0, 0.05) is 5.56 Å². The zero-order valence-electron chi connectivity index (χ0n) is 8.25. The molecular weight excluding hydrogens is 270 g/mol. The summed E-state index contributed by atoms with van der Waals surface area (Å²) in [6.45, 7) is 1.76. The molecule has 1 atom stereocenters. The molecule has 2 rings (SSSR count). The van der Waals surface area contributed by atoms with Crippen LogP contribution in [0.25, 0.3) is 11.5 Å². The van der Waals surface area contributed by atoms with Gasteiger partial charge in [0.2, 0.25) is 11.8 Å². The van der Waals surface area contributed by atoms with E-state index in [2.05, 4.69) is 10.2 Å². The highest BCUT2D eigenvalue weighted by Crippen LogP contribution is 2.29. The third-order valence-corrected chi connectivity index (χ3v) is 2.87. The molecule has 0 unspecified atom stereocenters. The van der Waals surface area contributed by atoms with Crippen molar-refractivity contribution in [2.24, 2.45) is 0 Å². The summed E-state index contributed by atoms with van der Waals surface area (Å²) >= 11 is 17.5. The van der Waals surface area contributed by atoms with E-state index in [1.54, 1.807) is 25.1 Å². The second-order valence-corrected chi connectivity index (χ2v) is 4.66. The number of hydrogen-bond donors (Lipinski definition) is 0. The highest BCUT2D eigenvalue weighted by atomic mass is 35.5. The third kappa shape index (κ3) is 2.32. The highest BCUT2D eigenvalue weighted by Gasteiger charge is 2.13. The molecule has 1 aromatic heterocycles. The van der Waals surface area contributed by atoms with Gasteiger partial charge in [-0.1, -0.05) is 23.2 Å². The van der Waals surface area contributed by atoms with E-state index in [4.69, 9.17) is 39.2 Å². The van der Waals surface area contributed by atoms with E-state index in [0.29, 0.717) is 27.4 Å². The van der Waals surface area contributed by atoms with Crippen LogP contribution >= 0.6 is 34.8 Å². The molecule has 0 saturated carbocycles. The molecule has 0 amide bonds. The summed E-state index contributed by atoms with van der Waals surface area (Å²) in [6.07, 6.45) is 0. The predicted molar refractivity (Wildman–Crippen MR) is 64.0 cm³/mol. The Morgan fingerprint density at radius 3 is 2.50 bits per heavy atom. The molecule has 6 heteroatoms. The Morgan fingerprint density at radius 2 is 1.94 bits per heavy atom. The Bertz CT molecular complexity index is 511. The number of nitrogens with zero attached hydrogens (tertiary/aromatic N) is 2. The summed E-state index contributed by atoms with van der Waals surface area (Å²) in [4.78, 5) is 0. The Hall–Kier alpha value is -0.770. The third-order valence-electron chi connectivity index (χ3n) is 1.95. The molecule has 16 heavy (non-hydrogen) atoms. The van der Waals surface area contributed by atoms with Gasteiger partial charge in [-0.05, 0) is 25.1 Å². The van der Waals surface area contributed by atoms with Crippen molar-refractivity contribution in [1.82, 2.24) is 10.2 Å². The number of rotatable bonds is 2. The van der Waals surface area contributed by atoms with E-state index >= 15 is 0 Å². The molecule has 0 N–H and O–H groups in total. The Labute approximate surface area is 107 Å². The first-order valence-electron chi connectivity index (χ1n) is 4.51. The van der Waals surface area contributed by atoms with Gasteiger partial charge in [0.05, 0.1) is 10.0 Å². The van der Waals surface area contributed by atoms with Crippen LogP contribution < -0.4 is 0 Å². The zero-order chi connectivity index (χ0) is 11.7. The van der Waals surface area contributed by atoms with Gasteiger partial charge in [-0.25, -0.2) is 0 Å². The van der Waals surface area contributed by atoms with Gasteiger partial charge in [0.15, 0.2) is 0 Å². The number of benzene rings is 1. The first-order chi connectivity index (χ1) is 7.58. The van der Waals surface area contributed by atoms with Crippen LogP contribution in [0.5, 0.6) is 0 Å². The topological polar surface area (TPSA) is 38.9 Å². The molecule has 0 bridgehead atoms. The SMILES string of the molecule is C[C@H](Cl)c1nnc(-c2ccc(Cl)c(Cl)c2)o1. The highest BCUT2D eigenvalue weighted by molar-refractivity contribution is 6.42. The summed E-state index contributed by atoms with van der Waals surface area (Å²) in [5, 5.41) is 8.30. The zero-order valence-corrected chi connectivity index (χ0v) is 10.5. The molecule has 0 saturated heterocycles. The minimum Gasteiger partial charge on any atom is -0.419 e. The van der Waals surface area contributed by atoms with Crippen LogP contribution in [0, 0.1) is 0 Å². The van der Waals surface area contributed by atoms with Crippen LogP contribution in [0.3, 0.4) is 0 Å². The largest absolute Gasteiger partial charge is 0.419 e. The van der Waals surface area contributed by atoms with Crippen LogP contribution in [0.2, 0.25) is 10.0 Å². The molecule has 0 radical (unpaired) electrons. The molecule has 0 aliphatic heterocycles. The van der Waals surface area contributed by atoms with Crippen LogP contribution in [0.1, 0.15) is 18.2 Å². The number of aromatic nitrogens is 2. The summed E-state index contributed by atoms with van der Waals surface area (Å²) in [7, 11) is 0. The maximum Gasteiger partial charge on any atom is 0.247 e. The minimum absolute atomic E-state index is 0.316. The first kappa shape index (κ1) is 11.7. The van der Waals surface area contributed by atoms with E-state index < -0.39 is 0 Å². The van der Waals surface area contributed by atoms with Crippen molar-refractivity contribution in [3.05, 3.63) is 34.1 Å². The lowest BCUT2D eigenvalue weighted by molar-refractivity contribution is 0.507. The van der Waals surface area contributed by atoms with E-state index in [9.17, 15) is 0 Å². The average molecular weight is 278 g/mol. The fourth-order valence-corrected chi connectivity index (χ4v) is 1.53. The second-order valence-electron chi connectivity index (χ2n) is 3.19. The monoisotopic (exact) mass is 276 g/mol. The lowest BCUT2D eigenvalue weighted by Crippen LogP contribution is -1.81. The van der Waals surface area contributed by atoms with Crippen LogP contribution in [0.4, 0.5) is 0 Å². The van der Waals surface area contributed by atoms with Crippen molar-refractivity contribution in [1.29, 1.82) is 0 Å². The maximum absolute atomic E-state index is 5.89. The Kier molecular flexibility index (Phi) is 3.38. The molecule has 0 fully saturated rings. The summed E-state index contributed by atoms with van der Waals surface area (Å²) in [5.74, 6) is 0.754. The lowest BCUT2D eigenvalue weighted by Gasteiger charge is -1.98. The molecule has 84 valence electrons.